The van der Waals surface area contributed by atoms with Gasteiger partial charge in [-0.2, -0.15) is 0 Å². The van der Waals surface area contributed by atoms with Gasteiger partial charge in [-0.15, -0.1) is 13.2 Å². The molecule has 156 valence electrons. The van der Waals surface area contributed by atoms with E-state index in [-0.39, 0.29) is 23.9 Å². The molecular formula is C20H24F3N5O. The number of aliphatic imine (C=N–C) groups is 1. The SMILES string of the molecule is NC(=NCc1ccc(N2CCCCCC2)nc1)Nc1ccccc1OC(F)(F)F. The minimum Gasteiger partial charge on any atom is -0.404 e. The first-order chi connectivity index (χ1) is 13.9. The van der Waals surface area contributed by atoms with Crippen molar-refractivity contribution in [2.45, 2.75) is 38.6 Å². The van der Waals surface area contributed by atoms with Crippen molar-refractivity contribution in [1.29, 1.82) is 0 Å². The Labute approximate surface area is 167 Å². The van der Waals surface area contributed by atoms with Crippen molar-refractivity contribution >= 4 is 17.5 Å². The van der Waals surface area contributed by atoms with Crippen LogP contribution in [0.4, 0.5) is 24.7 Å². The van der Waals surface area contributed by atoms with E-state index < -0.39 is 6.36 Å². The van der Waals surface area contributed by atoms with Crippen molar-refractivity contribution in [3.8, 4) is 5.75 Å². The van der Waals surface area contributed by atoms with E-state index in [9.17, 15) is 13.2 Å². The average Bonchev–Trinajstić information content (AvgIpc) is 2.97. The first-order valence-electron chi connectivity index (χ1n) is 9.52. The van der Waals surface area contributed by atoms with Gasteiger partial charge in [0.15, 0.2) is 11.7 Å². The van der Waals surface area contributed by atoms with Gasteiger partial charge in [0.2, 0.25) is 0 Å². The molecule has 1 fully saturated rings. The summed E-state index contributed by atoms with van der Waals surface area (Å²) >= 11 is 0. The predicted molar refractivity (Wildman–Crippen MR) is 107 cm³/mol. The largest absolute Gasteiger partial charge is 0.573 e. The number of halogens is 3. The van der Waals surface area contributed by atoms with Crippen molar-refractivity contribution in [2.24, 2.45) is 10.7 Å². The number of ether oxygens (including phenoxy) is 1. The summed E-state index contributed by atoms with van der Waals surface area (Å²) in [6, 6.07) is 9.55. The van der Waals surface area contributed by atoms with Crippen LogP contribution in [0.15, 0.2) is 47.6 Å². The van der Waals surface area contributed by atoms with Gasteiger partial charge < -0.3 is 20.7 Å². The summed E-state index contributed by atoms with van der Waals surface area (Å²) in [6.07, 6.45) is 1.83. The van der Waals surface area contributed by atoms with Gasteiger partial charge in [0.05, 0.1) is 12.2 Å². The zero-order valence-corrected chi connectivity index (χ0v) is 16.0. The van der Waals surface area contributed by atoms with Crippen LogP contribution in [0.1, 0.15) is 31.2 Å². The van der Waals surface area contributed by atoms with Gasteiger partial charge in [-0.25, -0.2) is 9.98 Å². The highest BCUT2D eigenvalue weighted by Gasteiger charge is 2.32. The molecule has 2 heterocycles. The number of guanidine groups is 1. The Hall–Kier alpha value is -2.97. The standard InChI is InChI=1S/C20H24F3N5O/c21-20(22,23)29-17-8-4-3-7-16(17)27-19(24)26-14-15-9-10-18(25-13-15)28-11-5-1-2-6-12-28/h3-4,7-10,13H,1-2,5-6,11-12,14H2,(H3,24,26,27). The maximum atomic E-state index is 12.5. The molecule has 0 spiro atoms. The average molecular weight is 407 g/mol. The van der Waals surface area contributed by atoms with Crippen LogP contribution in [0.5, 0.6) is 5.75 Å². The monoisotopic (exact) mass is 407 g/mol. The molecule has 0 aliphatic carbocycles. The van der Waals surface area contributed by atoms with Crippen LogP contribution in [-0.2, 0) is 6.54 Å². The fourth-order valence-electron chi connectivity index (χ4n) is 3.13. The maximum absolute atomic E-state index is 12.5. The van der Waals surface area contributed by atoms with E-state index in [1.165, 1.54) is 43.9 Å². The second-order valence-corrected chi connectivity index (χ2v) is 6.80. The molecule has 3 N–H and O–H groups in total. The quantitative estimate of drug-likeness (QED) is 0.571. The molecule has 3 rings (SSSR count). The summed E-state index contributed by atoms with van der Waals surface area (Å²) in [7, 11) is 0. The summed E-state index contributed by atoms with van der Waals surface area (Å²) in [4.78, 5) is 11.0. The van der Waals surface area contributed by atoms with Crippen LogP contribution in [0.3, 0.4) is 0 Å². The summed E-state index contributed by atoms with van der Waals surface area (Å²) in [5.74, 6) is 0.561. The van der Waals surface area contributed by atoms with Gasteiger partial charge in [0.1, 0.15) is 5.82 Å². The fourth-order valence-corrected chi connectivity index (χ4v) is 3.13. The predicted octanol–water partition coefficient (Wildman–Crippen LogP) is 4.29. The summed E-state index contributed by atoms with van der Waals surface area (Å²) in [5.41, 5.74) is 6.76. The molecule has 0 atom stereocenters. The Balaban J connectivity index is 1.60. The molecule has 1 saturated heterocycles. The van der Waals surface area contributed by atoms with Gasteiger partial charge in [-0.05, 0) is 36.6 Å². The third kappa shape index (κ3) is 6.55. The zero-order chi connectivity index (χ0) is 20.7. The van der Waals surface area contributed by atoms with Crippen molar-refractivity contribution in [3.63, 3.8) is 0 Å². The highest BCUT2D eigenvalue weighted by atomic mass is 19.4. The molecule has 1 aromatic heterocycles. The Morgan fingerprint density at radius 1 is 1.10 bits per heavy atom. The lowest BCUT2D eigenvalue weighted by Gasteiger charge is -2.21. The number of aromatic nitrogens is 1. The van der Waals surface area contributed by atoms with Gasteiger partial charge in [0, 0.05) is 19.3 Å². The van der Waals surface area contributed by atoms with Gasteiger partial charge in [0.25, 0.3) is 0 Å². The number of nitrogens with one attached hydrogen (secondary N) is 1. The molecule has 9 heteroatoms. The number of benzene rings is 1. The summed E-state index contributed by atoms with van der Waals surface area (Å²) in [6.45, 7) is 2.29. The topological polar surface area (TPSA) is 75.8 Å². The van der Waals surface area contributed by atoms with Gasteiger partial charge >= 0.3 is 6.36 Å². The van der Waals surface area contributed by atoms with E-state index in [2.05, 4.69) is 24.9 Å². The Kier molecular flexibility index (Phi) is 6.79. The summed E-state index contributed by atoms with van der Waals surface area (Å²) < 4.78 is 41.5. The molecule has 0 bridgehead atoms. The van der Waals surface area contributed by atoms with E-state index in [4.69, 9.17) is 5.73 Å². The number of nitrogens with zero attached hydrogens (tertiary/aromatic N) is 3. The van der Waals surface area contributed by atoms with Crippen LogP contribution in [-0.4, -0.2) is 30.4 Å². The van der Waals surface area contributed by atoms with Crippen LogP contribution in [0.2, 0.25) is 0 Å². The second kappa shape index (κ2) is 9.49. The molecule has 2 aromatic rings. The van der Waals surface area contributed by atoms with Crippen molar-refractivity contribution in [3.05, 3.63) is 48.2 Å². The lowest BCUT2D eigenvalue weighted by molar-refractivity contribution is -0.274. The first-order valence-corrected chi connectivity index (χ1v) is 9.52. The van der Waals surface area contributed by atoms with E-state index in [0.717, 1.165) is 24.5 Å². The minimum absolute atomic E-state index is 0.0141. The van der Waals surface area contributed by atoms with E-state index >= 15 is 0 Å². The number of pyridine rings is 1. The second-order valence-electron chi connectivity index (χ2n) is 6.80. The van der Waals surface area contributed by atoms with E-state index in [1.54, 1.807) is 12.3 Å². The van der Waals surface area contributed by atoms with Crippen LogP contribution >= 0.6 is 0 Å². The number of para-hydroxylation sites is 2. The highest BCUT2D eigenvalue weighted by Crippen LogP contribution is 2.29. The number of hydrogen-bond donors (Lipinski definition) is 2. The fraction of sp³-hybridized carbons (Fsp3) is 0.400. The number of alkyl halides is 3. The van der Waals surface area contributed by atoms with Gasteiger partial charge in [-0.1, -0.05) is 31.0 Å². The van der Waals surface area contributed by atoms with Crippen LogP contribution in [0.25, 0.3) is 0 Å². The van der Waals surface area contributed by atoms with Gasteiger partial charge in [-0.3, -0.25) is 0 Å². The highest BCUT2D eigenvalue weighted by molar-refractivity contribution is 5.93. The lowest BCUT2D eigenvalue weighted by Crippen LogP contribution is -2.25. The van der Waals surface area contributed by atoms with Crippen molar-refractivity contribution < 1.29 is 17.9 Å². The Morgan fingerprint density at radius 3 is 2.48 bits per heavy atom. The number of rotatable bonds is 5. The molecule has 29 heavy (non-hydrogen) atoms. The molecule has 1 aromatic carbocycles. The Bertz CT molecular complexity index is 816. The summed E-state index contributed by atoms with van der Waals surface area (Å²) in [5, 5.41) is 2.65. The van der Waals surface area contributed by atoms with Crippen LogP contribution in [0, 0.1) is 0 Å². The molecule has 0 saturated carbocycles. The smallest absolute Gasteiger partial charge is 0.404 e. The normalized spacial score (nSPS) is 15.7. The molecule has 1 aliphatic rings. The molecule has 0 unspecified atom stereocenters. The van der Waals surface area contributed by atoms with Crippen molar-refractivity contribution in [1.82, 2.24) is 4.98 Å². The first kappa shape index (κ1) is 20.8. The molecule has 6 nitrogen and oxygen atoms in total. The number of hydrogen-bond acceptors (Lipinski definition) is 4. The zero-order valence-electron chi connectivity index (χ0n) is 16.0. The van der Waals surface area contributed by atoms with E-state index in [0.29, 0.717) is 0 Å². The third-order valence-corrected chi connectivity index (χ3v) is 4.55. The lowest BCUT2D eigenvalue weighted by atomic mass is 10.2. The van der Waals surface area contributed by atoms with Crippen molar-refractivity contribution in [2.75, 3.05) is 23.3 Å². The van der Waals surface area contributed by atoms with Crippen LogP contribution < -0.4 is 20.7 Å². The minimum atomic E-state index is -4.79. The molecule has 0 amide bonds. The maximum Gasteiger partial charge on any atom is 0.573 e. The number of anilines is 2. The molecular weight excluding hydrogens is 383 g/mol. The van der Waals surface area contributed by atoms with E-state index in [1.807, 2.05) is 12.1 Å². The molecule has 1 aliphatic heterocycles. The number of nitrogens with two attached hydrogens (primary N) is 1. The Morgan fingerprint density at radius 2 is 1.83 bits per heavy atom. The third-order valence-electron chi connectivity index (χ3n) is 4.55. The molecule has 0 radical (unpaired) electrons.